The van der Waals surface area contributed by atoms with Gasteiger partial charge in [-0.05, 0) is 24.7 Å². The molecule has 98 valence electrons. The van der Waals surface area contributed by atoms with E-state index in [0.717, 1.165) is 11.6 Å². The minimum absolute atomic E-state index is 0.215. The Hall–Kier alpha value is -1.88. The average molecular weight is 253 g/mol. The van der Waals surface area contributed by atoms with Crippen LogP contribution < -0.4 is 4.74 Å². The van der Waals surface area contributed by atoms with E-state index in [-0.39, 0.29) is 5.75 Å². The highest BCUT2D eigenvalue weighted by Crippen LogP contribution is 2.18. The molecule has 0 bridgehead atoms. The lowest BCUT2D eigenvalue weighted by Gasteiger charge is -2.14. The molecule has 0 atom stereocenters. The highest BCUT2D eigenvalue weighted by Gasteiger charge is 2.05. The first-order chi connectivity index (χ1) is 8.52. The zero-order valence-electron chi connectivity index (χ0n) is 10.4. The zero-order valence-corrected chi connectivity index (χ0v) is 10.4. The molecular weight excluding hydrogens is 237 g/mol. The molecule has 0 aromatic heterocycles. The van der Waals surface area contributed by atoms with Crippen molar-refractivity contribution in [3.05, 3.63) is 41.7 Å². The lowest BCUT2D eigenvalue weighted by Crippen LogP contribution is -2.18. The number of nitrogens with zero attached hydrogens (tertiary/aromatic N) is 1. The number of halogens is 1. The normalized spacial score (nSPS) is 11.1. The number of likely N-dealkylation sites (N-methyl/N-ethyl adjacent to an activating group) is 1. The van der Waals surface area contributed by atoms with Crippen LogP contribution in [0.5, 0.6) is 5.75 Å². The molecule has 0 aliphatic heterocycles. The highest BCUT2D eigenvalue weighted by atomic mass is 19.1. The van der Waals surface area contributed by atoms with Crippen LogP contribution in [-0.4, -0.2) is 36.7 Å². The predicted molar refractivity (Wildman–Crippen MR) is 66.1 cm³/mol. The van der Waals surface area contributed by atoms with Gasteiger partial charge in [0.15, 0.2) is 11.6 Å². The van der Waals surface area contributed by atoms with Crippen LogP contribution in [0.25, 0.3) is 0 Å². The van der Waals surface area contributed by atoms with Gasteiger partial charge in [0.25, 0.3) is 0 Å². The van der Waals surface area contributed by atoms with Crippen molar-refractivity contribution in [1.29, 1.82) is 0 Å². The van der Waals surface area contributed by atoms with Crippen molar-refractivity contribution < 1.29 is 19.0 Å². The lowest BCUT2D eigenvalue weighted by atomic mass is 10.2. The lowest BCUT2D eigenvalue weighted by molar-refractivity contribution is -0.131. The number of carbonyl (C=O) groups is 1. The van der Waals surface area contributed by atoms with Gasteiger partial charge in [-0.25, -0.2) is 9.18 Å². The van der Waals surface area contributed by atoms with Gasteiger partial charge in [-0.2, -0.15) is 0 Å². The minimum Gasteiger partial charge on any atom is -0.494 e. The first-order valence-electron chi connectivity index (χ1n) is 5.43. The Morgan fingerprint density at radius 3 is 2.83 bits per heavy atom. The Morgan fingerprint density at radius 1 is 1.56 bits per heavy atom. The van der Waals surface area contributed by atoms with Crippen molar-refractivity contribution in [2.45, 2.75) is 6.54 Å². The average Bonchev–Trinajstić information content (AvgIpc) is 2.28. The molecule has 0 radical (unpaired) electrons. The van der Waals surface area contributed by atoms with Crippen LogP contribution in [0.2, 0.25) is 0 Å². The van der Waals surface area contributed by atoms with Gasteiger partial charge in [-0.3, -0.25) is 4.90 Å². The third kappa shape index (κ3) is 4.55. The smallest absolute Gasteiger partial charge is 0.328 e. The Bertz CT molecular complexity index is 446. The summed E-state index contributed by atoms with van der Waals surface area (Å²) in [4.78, 5) is 12.2. The Morgan fingerprint density at radius 2 is 2.28 bits per heavy atom. The molecule has 0 saturated carbocycles. The quantitative estimate of drug-likeness (QED) is 0.787. The van der Waals surface area contributed by atoms with Crippen LogP contribution in [0, 0.1) is 5.82 Å². The summed E-state index contributed by atoms with van der Waals surface area (Å²) in [5.74, 6) is -1.16. The summed E-state index contributed by atoms with van der Waals surface area (Å²) in [5, 5.41) is 8.44. The number of ether oxygens (including phenoxy) is 1. The van der Waals surface area contributed by atoms with Crippen LogP contribution in [0.15, 0.2) is 30.4 Å². The van der Waals surface area contributed by atoms with Gasteiger partial charge in [0, 0.05) is 19.2 Å². The van der Waals surface area contributed by atoms with Gasteiger partial charge in [0.05, 0.1) is 7.11 Å². The first-order valence-corrected chi connectivity index (χ1v) is 5.43. The molecule has 0 heterocycles. The maximum Gasteiger partial charge on any atom is 0.328 e. The van der Waals surface area contributed by atoms with Crippen molar-refractivity contribution in [3.63, 3.8) is 0 Å². The zero-order chi connectivity index (χ0) is 13.5. The van der Waals surface area contributed by atoms with E-state index in [1.807, 2.05) is 11.9 Å². The van der Waals surface area contributed by atoms with Crippen LogP contribution in [0.3, 0.4) is 0 Å². The fourth-order valence-corrected chi connectivity index (χ4v) is 1.52. The molecule has 5 heteroatoms. The number of carboxylic acid groups (broad SMARTS) is 1. The Balaban J connectivity index is 2.56. The van der Waals surface area contributed by atoms with Gasteiger partial charge in [0.1, 0.15) is 0 Å². The standard InChI is InChI=1S/C13H16FNO3/c1-15(7-3-4-13(16)17)9-10-5-6-12(18-2)11(14)8-10/h3-6,8H,7,9H2,1-2H3,(H,16,17). The van der Waals surface area contributed by atoms with E-state index < -0.39 is 11.8 Å². The summed E-state index contributed by atoms with van der Waals surface area (Å²) in [6.45, 7) is 1.02. The van der Waals surface area contributed by atoms with Crippen LogP contribution in [0.1, 0.15) is 5.56 Å². The topological polar surface area (TPSA) is 49.8 Å². The van der Waals surface area contributed by atoms with E-state index in [4.69, 9.17) is 9.84 Å². The molecule has 1 N–H and O–H groups in total. The number of hydrogen-bond donors (Lipinski definition) is 1. The number of carboxylic acids is 1. The largest absolute Gasteiger partial charge is 0.494 e. The molecule has 1 aromatic rings. The summed E-state index contributed by atoms with van der Waals surface area (Å²) in [7, 11) is 3.25. The molecule has 0 aliphatic rings. The number of hydrogen-bond acceptors (Lipinski definition) is 3. The maximum atomic E-state index is 13.4. The van der Waals surface area contributed by atoms with Crippen molar-refractivity contribution in [2.24, 2.45) is 0 Å². The second-order valence-electron chi connectivity index (χ2n) is 3.91. The van der Waals surface area contributed by atoms with E-state index in [1.54, 1.807) is 18.2 Å². The summed E-state index contributed by atoms with van der Waals surface area (Å²) in [6, 6.07) is 4.77. The van der Waals surface area contributed by atoms with Crippen molar-refractivity contribution in [2.75, 3.05) is 20.7 Å². The molecule has 1 rings (SSSR count). The predicted octanol–water partition coefficient (Wildman–Crippen LogP) is 1.91. The molecule has 1 aromatic carbocycles. The molecule has 0 amide bonds. The molecule has 4 nitrogen and oxygen atoms in total. The SMILES string of the molecule is COc1ccc(CN(C)CC=CC(=O)O)cc1F. The number of rotatable bonds is 6. The second kappa shape index (κ2) is 6.76. The second-order valence-corrected chi connectivity index (χ2v) is 3.91. The third-order valence-electron chi connectivity index (χ3n) is 2.35. The van der Waals surface area contributed by atoms with Crippen LogP contribution >= 0.6 is 0 Å². The molecule has 0 spiro atoms. The van der Waals surface area contributed by atoms with E-state index in [0.29, 0.717) is 13.1 Å². The van der Waals surface area contributed by atoms with Crippen LogP contribution in [-0.2, 0) is 11.3 Å². The van der Waals surface area contributed by atoms with Crippen molar-refractivity contribution >= 4 is 5.97 Å². The summed E-state index contributed by atoms with van der Waals surface area (Å²) in [6.07, 6.45) is 2.63. The van der Waals surface area contributed by atoms with Gasteiger partial charge in [-0.15, -0.1) is 0 Å². The number of aliphatic carboxylic acids is 1. The minimum atomic E-state index is -0.973. The van der Waals surface area contributed by atoms with E-state index in [1.165, 1.54) is 13.2 Å². The summed E-state index contributed by atoms with van der Waals surface area (Å²) in [5.41, 5.74) is 0.805. The van der Waals surface area contributed by atoms with Crippen molar-refractivity contribution in [3.8, 4) is 5.75 Å². The van der Waals surface area contributed by atoms with Crippen molar-refractivity contribution in [1.82, 2.24) is 4.90 Å². The molecule has 0 aliphatic carbocycles. The molecule has 18 heavy (non-hydrogen) atoms. The fourth-order valence-electron chi connectivity index (χ4n) is 1.52. The van der Waals surface area contributed by atoms with Gasteiger partial charge in [0.2, 0.25) is 0 Å². The molecule has 0 saturated heterocycles. The molecule has 0 unspecified atom stereocenters. The number of methoxy groups -OCH3 is 1. The van der Waals surface area contributed by atoms with Crippen LogP contribution in [0.4, 0.5) is 4.39 Å². The Kier molecular flexibility index (Phi) is 5.32. The third-order valence-corrected chi connectivity index (χ3v) is 2.35. The molecule has 0 fully saturated rings. The van der Waals surface area contributed by atoms with E-state index >= 15 is 0 Å². The first kappa shape index (κ1) is 14.2. The Labute approximate surface area is 105 Å². The number of benzene rings is 1. The summed E-state index contributed by atoms with van der Waals surface area (Å²) < 4.78 is 18.3. The summed E-state index contributed by atoms with van der Waals surface area (Å²) >= 11 is 0. The maximum absolute atomic E-state index is 13.4. The molecular formula is C13H16FNO3. The van der Waals surface area contributed by atoms with E-state index in [2.05, 4.69) is 0 Å². The fraction of sp³-hybridized carbons (Fsp3) is 0.308. The highest BCUT2D eigenvalue weighted by molar-refractivity contribution is 5.79. The van der Waals surface area contributed by atoms with E-state index in [9.17, 15) is 9.18 Å². The van der Waals surface area contributed by atoms with Gasteiger partial charge >= 0.3 is 5.97 Å². The van der Waals surface area contributed by atoms with Gasteiger partial charge in [-0.1, -0.05) is 12.1 Å². The van der Waals surface area contributed by atoms with Gasteiger partial charge < -0.3 is 9.84 Å². The monoisotopic (exact) mass is 253 g/mol.